The van der Waals surface area contributed by atoms with Crippen molar-refractivity contribution in [1.82, 2.24) is 9.55 Å². The third-order valence-electron chi connectivity index (χ3n) is 6.07. The van der Waals surface area contributed by atoms with E-state index in [0.717, 1.165) is 64.8 Å². The first-order chi connectivity index (χ1) is 16.4. The zero-order valence-electron chi connectivity index (χ0n) is 19.8. The summed E-state index contributed by atoms with van der Waals surface area (Å²) in [6.45, 7) is 7.59. The molecule has 1 amide bonds. The van der Waals surface area contributed by atoms with Crippen molar-refractivity contribution in [2.24, 2.45) is 0 Å². The number of carbonyl (C=O) groups is 1. The minimum Gasteiger partial charge on any atom is -0.497 e. The number of thiazole rings is 1. The van der Waals surface area contributed by atoms with E-state index in [4.69, 9.17) is 9.47 Å². The summed E-state index contributed by atoms with van der Waals surface area (Å²) in [7, 11) is 1.62. The number of ether oxygens (including phenoxy) is 2. The standard InChI is InChI=1S/C26H28N4O3S/c1-16-12-20(17(2)30(16)15-23-6-5-11-33-23)13-21(14-27)25(31)29-26-28-24(18(3)34-26)19-7-9-22(32-4)10-8-19/h7-10,12-13,23H,5-6,11,15H2,1-4H3,(H,28,29,31). The second kappa shape index (κ2) is 10.2. The quantitative estimate of drug-likeness (QED) is 0.371. The first kappa shape index (κ1) is 23.7. The molecule has 0 spiro atoms. The maximum Gasteiger partial charge on any atom is 0.268 e. The zero-order chi connectivity index (χ0) is 24.2. The van der Waals surface area contributed by atoms with Gasteiger partial charge in [0.25, 0.3) is 5.91 Å². The number of nitriles is 1. The van der Waals surface area contributed by atoms with Crippen molar-refractivity contribution in [2.75, 3.05) is 19.0 Å². The third kappa shape index (κ3) is 5.06. The van der Waals surface area contributed by atoms with E-state index < -0.39 is 5.91 Å². The number of nitrogens with zero attached hydrogens (tertiary/aromatic N) is 3. The Morgan fingerprint density at radius 3 is 2.76 bits per heavy atom. The lowest BCUT2D eigenvalue weighted by molar-refractivity contribution is -0.112. The van der Waals surface area contributed by atoms with Crippen LogP contribution in [0.25, 0.3) is 17.3 Å². The van der Waals surface area contributed by atoms with Gasteiger partial charge >= 0.3 is 0 Å². The number of aryl methyl sites for hydroxylation is 2. The minimum atomic E-state index is -0.471. The van der Waals surface area contributed by atoms with Crippen molar-refractivity contribution in [3.05, 3.63) is 57.7 Å². The Labute approximate surface area is 203 Å². The Morgan fingerprint density at radius 2 is 2.12 bits per heavy atom. The number of hydrogen-bond acceptors (Lipinski definition) is 6. The monoisotopic (exact) mass is 476 g/mol. The van der Waals surface area contributed by atoms with Crippen molar-refractivity contribution < 1.29 is 14.3 Å². The van der Waals surface area contributed by atoms with E-state index in [-0.39, 0.29) is 11.7 Å². The molecule has 1 saturated heterocycles. The molecule has 1 aliphatic heterocycles. The van der Waals surface area contributed by atoms with Crippen molar-refractivity contribution in [2.45, 2.75) is 46.3 Å². The summed E-state index contributed by atoms with van der Waals surface area (Å²) in [4.78, 5) is 18.4. The number of nitrogens with one attached hydrogen (secondary N) is 1. The summed E-state index contributed by atoms with van der Waals surface area (Å²) in [5.41, 5.74) is 4.72. The molecule has 1 atom stereocenters. The molecular weight excluding hydrogens is 448 g/mol. The molecule has 1 N–H and O–H groups in total. The number of carbonyl (C=O) groups excluding carboxylic acids is 1. The molecule has 0 radical (unpaired) electrons. The van der Waals surface area contributed by atoms with Gasteiger partial charge in [-0.25, -0.2) is 4.98 Å². The lowest BCUT2D eigenvalue weighted by Crippen LogP contribution is -2.17. The lowest BCUT2D eigenvalue weighted by Gasteiger charge is -2.14. The average Bonchev–Trinajstić information content (AvgIpc) is 3.54. The molecule has 4 rings (SSSR count). The van der Waals surface area contributed by atoms with Gasteiger partial charge in [-0.1, -0.05) is 0 Å². The highest BCUT2D eigenvalue weighted by molar-refractivity contribution is 7.16. The summed E-state index contributed by atoms with van der Waals surface area (Å²) in [6.07, 6.45) is 4.01. The van der Waals surface area contributed by atoms with Gasteiger partial charge in [0.05, 0.1) is 18.9 Å². The Kier molecular flexibility index (Phi) is 7.15. The highest BCUT2D eigenvalue weighted by atomic mass is 32.1. The van der Waals surface area contributed by atoms with Gasteiger partial charge in [0.2, 0.25) is 0 Å². The van der Waals surface area contributed by atoms with Crippen LogP contribution in [-0.4, -0.2) is 35.3 Å². The fourth-order valence-corrected chi connectivity index (χ4v) is 5.01. The van der Waals surface area contributed by atoms with Gasteiger partial charge in [0.1, 0.15) is 17.4 Å². The smallest absolute Gasteiger partial charge is 0.268 e. The lowest BCUT2D eigenvalue weighted by atomic mass is 10.1. The molecule has 8 heteroatoms. The van der Waals surface area contributed by atoms with Crippen LogP contribution in [0.3, 0.4) is 0 Å². The van der Waals surface area contributed by atoms with Crippen LogP contribution >= 0.6 is 11.3 Å². The van der Waals surface area contributed by atoms with Crippen LogP contribution in [0.2, 0.25) is 0 Å². The maximum atomic E-state index is 12.9. The topological polar surface area (TPSA) is 89.2 Å². The predicted octanol–water partition coefficient (Wildman–Crippen LogP) is 5.27. The molecule has 2 aromatic heterocycles. The predicted molar refractivity (Wildman–Crippen MR) is 134 cm³/mol. The van der Waals surface area contributed by atoms with Crippen LogP contribution in [0.5, 0.6) is 5.75 Å². The molecule has 0 saturated carbocycles. The van der Waals surface area contributed by atoms with Crippen LogP contribution in [0.1, 0.15) is 34.7 Å². The van der Waals surface area contributed by atoms with Crippen molar-refractivity contribution in [3.63, 3.8) is 0 Å². The molecule has 1 aliphatic rings. The minimum absolute atomic E-state index is 0.0382. The Bertz CT molecular complexity index is 1260. The number of anilines is 1. The Hall–Kier alpha value is -3.41. The number of hydrogen-bond donors (Lipinski definition) is 1. The number of rotatable bonds is 7. The summed E-state index contributed by atoms with van der Waals surface area (Å²) in [5, 5.41) is 12.9. The van der Waals surface area contributed by atoms with E-state index >= 15 is 0 Å². The number of amides is 1. The molecule has 1 fully saturated rings. The van der Waals surface area contributed by atoms with Crippen LogP contribution in [0.4, 0.5) is 5.13 Å². The molecule has 7 nitrogen and oxygen atoms in total. The van der Waals surface area contributed by atoms with Crippen molar-refractivity contribution in [1.29, 1.82) is 5.26 Å². The molecule has 3 heterocycles. The van der Waals surface area contributed by atoms with Gasteiger partial charge in [-0.2, -0.15) is 5.26 Å². The SMILES string of the molecule is COc1ccc(-c2nc(NC(=O)C(C#N)=Cc3cc(C)n(CC4CCCO4)c3C)sc2C)cc1. The molecular formula is C26H28N4O3S. The third-order valence-corrected chi connectivity index (χ3v) is 6.95. The molecule has 3 aromatic rings. The molecule has 1 unspecified atom stereocenters. The molecule has 0 aliphatic carbocycles. The first-order valence-corrected chi connectivity index (χ1v) is 12.0. The van der Waals surface area contributed by atoms with Crippen LogP contribution in [0.15, 0.2) is 35.9 Å². The van der Waals surface area contributed by atoms with Crippen LogP contribution in [0, 0.1) is 32.1 Å². The van der Waals surface area contributed by atoms with E-state index in [2.05, 4.69) is 14.9 Å². The number of benzene rings is 1. The highest BCUT2D eigenvalue weighted by Crippen LogP contribution is 2.31. The van der Waals surface area contributed by atoms with Gasteiger partial charge in [0, 0.05) is 35.0 Å². The van der Waals surface area contributed by atoms with E-state index in [1.54, 1.807) is 13.2 Å². The Balaban J connectivity index is 1.52. The van der Waals surface area contributed by atoms with Crippen molar-refractivity contribution >= 4 is 28.5 Å². The fraction of sp³-hybridized carbons (Fsp3) is 0.346. The summed E-state index contributed by atoms with van der Waals surface area (Å²) in [6, 6.07) is 11.7. The zero-order valence-corrected chi connectivity index (χ0v) is 20.7. The van der Waals surface area contributed by atoms with E-state index in [1.807, 2.05) is 57.2 Å². The molecule has 176 valence electrons. The van der Waals surface area contributed by atoms with Gasteiger partial charge < -0.3 is 14.0 Å². The number of methoxy groups -OCH3 is 1. The van der Waals surface area contributed by atoms with Gasteiger partial charge in [-0.3, -0.25) is 10.1 Å². The van der Waals surface area contributed by atoms with Gasteiger partial charge in [0.15, 0.2) is 5.13 Å². The molecule has 0 bridgehead atoms. The summed E-state index contributed by atoms with van der Waals surface area (Å²) < 4.78 is 13.2. The van der Waals surface area contributed by atoms with Crippen LogP contribution in [-0.2, 0) is 16.1 Å². The Morgan fingerprint density at radius 1 is 1.35 bits per heavy atom. The second-order valence-corrected chi connectivity index (χ2v) is 9.55. The fourth-order valence-electron chi connectivity index (χ4n) is 4.18. The van der Waals surface area contributed by atoms with Crippen molar-refractivity contribution in [3.8, 4) is 23.1 Å². The van der Waals surface area contributed by atoms with E-state index in [0.29, 0.717) is 5.13 Å². The highest BCUT2D eigenvalue weighted by Gasteiger charge is 2.20. The maximum absolute atomic E-state index is 12.9. The van der Waals surface area contributed by atoms with Gasteiger partial charge in [-0.05, 0) is 75.6 Å². The van der Waals surface area contributed by atoms with Crippen LogP contribution < -0.4 is 10.1 Å². The second-order valence-electron chi connectivity index (χ2n) is 8.35. The normalized spacial score (nSPS) is 15.9. The summed E-state index contributed by atoms with van der Waals surface area (Å²) in [5.74, 6) is 0.297. The van der Waals surface area contributed by atoms with Gasteiger partial charge in [-0.15, -0.1) is 11.3 Å². The largest absolute Gasteiger partial charge is 0.497 e. The average molecular weight is 477 g/mol. The first-order valence-electron chi connectivity index (χ1n) is 11.2. The molecule has 1 aromatic carbocycles. The number of aromatic nitrogens is 2. The van der Waals surface area contributed by atoms with E-state index in [9.17, 15) is 10.1 Å². The van der Waals surface area contributed by atoms with E-state index in [1.165, 1.54) is 11.3 Å². The molecule has 34 heavy (non-hydrogen) atoms. The summed E-state index contributed by atoms with van der Waals surface area (Å²) >= 11 is 1.38.